The molecule has 0 radical (unpaired) electrons. The summed E-state index contributed by atoms with van der Waals surface area (Å²) >= 11 is 0. The summed E-state index contributed by atoms with van der Waals surface area (Å²) in [5.41, 5.74) is 5.39. The molecule has 7 aromatic rings. The number of hydrogen-bond donors (Lipinski definition) is 1. The normalized spacial score (nSPS) is 10.7. The van der Waals surface area contributed by atoms with E-state index >= 15 is 0 Å². The van der Waals surface area contributed by atoms with Crippen molar-refractivity contribution >= 4 is 0 Å². The minimum atomic E-state index is 0.128. The summed E-state index contributed by atoms with van der Waals surface area (Å²) in [5.74, 6) is 4.61. The molecule has 7 rings (SSSR count). The van der Waals surface area contributed by atoms with Gasteiger partial charge in [0, 0.05) is 0 Å². The van der Waals surface area contributed by atoms with Crippen molar-refractivity contribution < 1.29 is 33.5 Å². The average Bonchev–Trinajstić information content (AvgIpc) is 3.23. The molecule has 0 saturated heterocycles. The topological polar surface area (TPSA) is 75.6 Å². The van der Waals surface area contributed by atoms with Gasteiger partial charge in [0.1, 0.15) is 79.9 Å². The first-order valence-electron chi connectivity index (χ1n) is 18.1. The maximum Gasteiger partial charge on any atom is 0.120 e. The molecule has 0 aliphatic heterocycles. The molecule has 0 heterocycles. The molecule has 7 heteroatoms. The molecule has 0 amide bonds. The molecule has 0 spiro atoms. The summed E-state index contributed by atoms with van der Waals surface area (Å²) in [6, 6.07) is 56.2. The molecule has 55 heavy (non-hydrogen) atoms. The minimum Gasteiger partial charge on any atom is -0.508 e. The average molecular weight is 731 g/mol. The van der Waals surface area contributed by atoms with E-state index in [1.54, 1.807) is 12.1 Å². The van der Waals surface area contributed by atoms with Gasteiger partial charge in [-0.25, -0.2) is 0 Å². The van der Waals surface area contributed by atoms with Crippen LogP contribution in [-0.4, -0.2) is 5.11 Å². The van der Waals surface area contributed by atoms with Crippen LogP contribution >= 0.6 is 0 Å². The van der Waals surface area contributed by atoms with Crippen LogP contribution in [0.5, 0.6) is 40.2 Å². The van der Waals surface area contributed by atoms with E-state index in [2.05, 4.69) is 12.1 Å². The van der Waals surface area contributed by atoms with Crippen LogP contribution in [0.4, 0.5) is 0 Å². The third kappa shape index (κ3) is 11.6. The van der Waals surface area contributed by atoms with Crippen molar-refractivity contribution in [1.82, 2.24) is 0 Å². The highest BCUT2D eigenvalue weighted by atomic mass is 16.5. The van der Waals surface area contributed by atoms with Gasteiger partial charge < -0.3 is 33.5 Å². The first-order chi connectivity index (χ1) is 27.1. The van der Waals surface area contributed by atoms with Crippen LogP contribution in [0.25, 0.3) is 0 Å². The fraction of sp³-hybridized carbons (Fsp3) is 0.125. The minimum absolute atomic E-state index is 0.128. The lowest BCUT2D eigenvalue weighted by atomic mass is 10.1. The summed E-state index contributed by atoms with van der Waals surface area (Å²) in [7, 11) is 0. The molecular formula is C48H42O7. The Kier molecular flexibility index (Phi) is 12.4. The number of phenols is 1. The van der Waals surface area contributed by atoms with Gasteiger partial charge >= 0.3 is 0 Å². The summed E-state index contributed by atoms with van der Waals surface area (Å²) in [6.07, 6.45) is 0. The highest BCUT2D eigenvalue weighted by molar-refractivity contribution is 5.39. The summed E-state index contributed by atoms with van der Waals surface area (Å²) in [4.78, 5) is 0. The van der Waals surface area contributed by atoms with E-state index in [0.717, 1.165) is 56.4 Å². The van der Waals surface area contributed by atoms with Crippen molar-refractivity contribution in [3.05, 3.63) is 209 Å². The molecule has 0 atom stereocenters. The number of benzene rings is 7. The molecule has 1 N–H and O–H groups in total. The number of para-hydroxylation sites is 4. The van der Waals surface area contributed by atoms with Crippen molar-refractivity contribution in [3.63, 3.8) is 0 Å². The summed E-state index contributed by atoms with van der Waals surface area (Å²) in [6.45, 7) is 1.94. The Morgan fingerprint density at radius 3 is 0.727 bits per heavy atom. The van der Waals surface area contributed by atoms with Gasteiger partial charge in [-0.05, 0) is 137 Å². The summed E-state index contributed by atoms with van der Waals surface area (Å²) in [5, 5.41) is 10.7. The standard InChI is InChI=1S/C48H42O7/c49-42-24-36(30-54-47-26-38(32-50-43-13-5-1-6-14-43)22-39(27-47)33-51-44-15-7-2-8-16-44)21-37(25-42)31-55-48-28-40(34-52-45-17-9-3-10-18-45)23-41(29-48)35-53-46-19-11-4-12-20-46/h1-29,49H,30-35H2. The number of aromatic hydroxyl groups is 1. The van der Waals surface area contributed by atoms with Gasteiger partial charge in [-0.1, -0.05) is 72.8 Å². The molecular weight excluding hydrogens is 689 g/mol. The molecule has 276 valence electrons. The van der Waals surface area contributed by atoms with E-state index in [9.17, 15) is 5.11 Å². The number of rotatable bonds is 18. The molecule has 0 aliphatic carbocycles. The molecule has 7 aromatic carbocycles. The fourth-order valence-electron chi connectivity index (χ4n) is 5.93. The Morgan fingerprint density at radius 2 is 0.473 bits per heavy atom. The zero-order chi connectivity index (χ0) is 37.5. The highest BCUT2D eigenvalue weighted by Crippen LogP contribution is 2.26. The van der Waals surface area contributed by atoms with Crippen molar-refractivity contribution in [1.29, 1.82) is 0 Å². The number of phenolic OH excluding ortho intramolecular Hbond substituents is 1. The Morgan fingerprint density at radius 1 is 0.255 bits per heavy atom. The fourth-order valence-corrected chi connectivity index (χ4v) is 5.93. The van der Waals surface area contributed by atoms with Crippen molar-refractivity contribution in [2.75, 3.05) is 0 Å². The van der Waals surface area contributed by atoms with Crippen LogP contribution in [0, 0.1) is 0 Å². The largest absolute Gasteiger partial charge is 0.508 e. The molecule has 0 aromatic heterocycles. The quantitative estimate of drug-likeness (QED) is 0.0942. The second kappa shape index (κ2) is 18.8. The van der Waals surface area contributed by atoms with Crippen LogP contribution in [0.3, 0.4) is 0 Å². The van der Waals surface area contributed by atoms with Gasteiger partial charge in [-0.15, -0.1) is 0 Å². The lowest BCUT2D eigenvalue weighted by molar-refractivity contribution is 0.285. The first kappa shape index (κ1) is 36.5. The van der Waals surface area contributed by atoms with E-state index < -0.39 is 0 Å². The Bertz CT molecular complexity index is 1950. The monoisotopic (exact) mass is 730 g/mol. The predicted molar refractivity (Wildman–Crippen MR) is 213 cm³/mol. The van der Waals surface area contributed by atoms with E-state index in [4.69, 9.17) is 28.4 Å². The van der Waals surface area contributed by atoms with Gasteiger partial charge in [-0.2, -0.15) is 0 Å². The molecule has 0 fully saturated rings. The van der Waals surface area contributed by atoms with E-state index in [-0.39, 0.29) is 19.0 Å². The van der Waals surface area contributed by atoms with Crippen LogP contribution < -0.4 is 28.4 Å². The van der Waals surface area contributed by atoms with E-state index in [1.165, 1.54) is 0 Å². The predicted octanol–water partition coefficient (Wildman–Crippen LogP) is 10.9. The Hall–Kier alpha value is -6.86. The molecule has 0 aliphatic rings. The van der Waals surface area contributed by atoms with Crippen LogP contribution in [-0.2, 0) is 39.6 Å². The second-order valence-corrected chi connectivity index (χ2v) is 13.0. The van der Waals surface area contributed by atoms with Gasteiger partial charge in [0.25, 0.3) is 0 Å². The van der Waals surface area contributed by atoms with Gasteiger partial charge in [0.15, 0.2) is 0 Å². The van der Waals surface area contributed by atoms with Gasteiger partial charge in [0.05, 0.1) is 0 Å². The van der Waals surface area contributed by atoms with E-state index in [0.29, 0.717) is 37.9 Å². The highest BCUT2D eigenvalue weighted by Gasteiger charge is 2.10. The maximum atomic E-state index is 10.7. The smallest absolute Gasteiger partial charge is 0.120 e. The molecule has 0 bridgehead atoms. The van der Waals surface area contributed by atoms with Crippen LogP contribution in [0.15, 0.2) is 176 Å². The van der Waals surface area contributed by atoms with E-state index in [1.807, 2.05) is 152 Å². The van der Waals surface area contributed by atoms with Crippen molar-refractivity contribution in [2.45, 2.75) is 39.6 Å². The maximum absolute atomic E-state index is 10.7. The van der Waals surface area contributed by atoms with Crippen molar-refractivity contribution in [2.24, 2.45) is 0 Å². The molecule has 7 nitrogen and oxygen atoms in total. The van der Waals surface area contributed by atoms with Gasteiger partial charge in [0.2, 0.25) is 0 Å². The lowest BCUT2D eigenvalue weighted by Gasteiger charge is -2.15. The third-order valence-electron chi connectivity index (χ3n) is 8.50. The second-order valence-electron chi connectivity index (χ2n) is 13.0. The zero-order valence-electron chi connectivity index (χ0n) is 30.4. The summed E-state index contributed by atoms with van der Waals surface area (Å²) < 4.78 is 36.8. The molecule has 0 unspecified atom stereocenters. The zero-order valence-corrected chi connectivity index (χ0v) is 30.4. The molecule has 0 saturated carbocycles. The number of hydrogen-bond acceptors (Lipinski definition) is 7. The van der Waals surface area contributed by atoms with Crippen LogP contribution in [0.1, 0.15) is 33.4 Å². The van der Waals surface area contributed by atoms with Crippen molar-refractivity contribution in [3.8, 4) is 40.2 Å². The third-order valence-corrected chi connectivity index (χ3v) is 8.50. The number of ether oxygens (including phenoxy) is 6. The Balaban J connectivity index is 1.03. The SMILES string of the molecule is Oc1cc(COc2cc(COc3ccccc3)cc(COc3ccccc3)c2)cc(COc2cc(COc3ccccc3)cc(COc3ccccc3)c2)c1. The lowest BCUT2D eigenvalue weighted by Crippen LogP contribution is -2.04. The van der Waals surface area contributed by atoms with Crippen LogP contribution in [0.2, 0.25) is 0 Å². The first-order valence-corrected chi connectivity index (χ1v) is 18.1. The van der Waals surface area contributed by atoms with Gasteiger partial charge in [-0.3, -0.25) is 0 Å². The Labute approximate surface area is 321 Å².